The third-order valence-electron chi connectivity index (χ3n) is 4.16. The summed E-state index contributed by atoms with van der Waals surface area (Å²) in [6, 6.07) is 26.8. The Bertz CT molecular complexity index is 1000. The second kappa shape index (κ2) is 7.95. The van der Waals surface area contributed by atoms with Crippen LogP contribution < -0.4 is 4.74 Å². The molecule has 0 fully saturated rings. The first-order valence-electron chi connectivity index (χ1n) is 8.63. The van der Waals surface area contributed by atoms with E-state index in [0.717, 1.165) is 11.5 Å². The van der Waals surface area contributed by atoms with Crippen LogP contribution in [0.15, 0.2) is 129 Å². The van der Waals surface area contributed by atoms with Gasteiger partial charge in [-0.1, -0.05) is 61.3 Å². The molecule has 0 N–H and O–H groups in total. The highest BCUT2D eigenvalue weighted by molar-refractivity contribution is 8.08. The van der Waals surface area contributed by atoms with Gasteiger partial charge in [0.2, 0.25) is 0 Å². The fourth-order valence-electron chi connectivity index (χ4n) is 2.94. The first-order chi connectivity index (χ1) is 13.3. The van der Waals surface area contributed by atoms with Crippen molar-refractivity contribution in [2.45, 2.75) is 14.7 Å². The molecule has 1 atom stereocenters. The third-order valence-corrected chi connectivity index (χ3v) is 7.97. The average molecular weight is 388 g/mol. The molecule has 1 aliphatic heterocycles. The van der Waals surface area contributed by atoms with Gasteiger partial charge < -0.3 is 4.74 Å². The lowest BCUT2D eigenvalue weighted by molar-refractivity contribution is 0.482. The molecule has 3 aromatic carbocycles. The number of rotatable bonds is 5. The number of allylic oxidation sites excluding steroid dienone is 2. The van der Waals surface area contributed by atoms with Crippen molar-refractivity contribution in [1.29, 1.82) is 0 Å². The number of fused-ring (bicyclic) bond motifs is 1. The summed E-state index contributed by atoms with van der Waals surface area (Å²) in [4.78, 5) is 6.27. The van der Waals surface area contributed by atoms with Crippen molar-refractivity contribution < 1.29 is 4.74 Å². The van der Waals surface area contributed by atoms with Crippen molar-refractivity contribution in [2.75, 3.05) is 0 Å². The third kappa shape index (κ3) is 3.61. The first kappa shape index (κ1) is 17.8. The topological polar surface area (TPSA) is 9.23 Å². The highest BCUT2D eigenvalue weighted by Gasteiger charge is 2.37. The molecule has 0 radical (unpaired) electrons. The molecule has 0 bridgehead atoms. The number of benzene rings is 3. The maximum Gasteiger partial charge on any atom is 0.180 e. The van der Waals surface area contributed by atoms with Gasteiger partial charge in [0.05, 0.1) is 9.80 Å². The van der Waals surface area contributed by atoms with Crippen molar-refractivity contribution in [2.24, 2.45) is 0 Å². The molecule has 1 heterocycles. The van der Waals surface area contributed by atoms with E-state index in [1.165, 1.54) is 24.5 Å². The van der Waals surface area contributed by atoms with E-state index < -0.39 is 0 Å². The fourth-order valence-corrected chi connectivity index (χ4v) is 6.60. The van der Waals surface area contributed by atoms with Crippen LogP contribution in [0.1, 0.15) is 0 Å². The maximum absolute atomic E-state index is 5.94. The summed E-state index contributed by atoms with van der Waals surface area (Å²) in [6.45, 7) is 8.07. The van der Waals surface area contributed by atoms with Crippen LogP contribution in [0, 0.1) is 0 Å². The van der Waals surface area contributed by atoms with Crippen LogP contribution in [0.25, 0.3) is 0 Å². The highest BCUT2D eigenvalue weighted by Crippen LogP contribution is 2.47. The summed E-state index contributed by atoms with van der Waals surface area (Å²) in [5.74, 6) is 1.68. The predicted octanol–water partition coefficient (Wildman–Crippen LogP) is 7.20. The zero-order chi connectivity index (χ0) is 18.6. The van der Waals surface area contributed by atoms with Crippen LogP contribution in [0.2, 0.25) is 0 Å². The van der Waals surface area contributed by atoms with Gasteiger partial charge in [-0.25, -0.2) is 0 Å². The highest BCUT2D eigenvalue weighted by atomic mass is 32.2. The smallest absolute Gasteiger partial charge is 0.180 e. The minimum Gasteiger partial charge on any atom is -0.457 e. The van der Waals surface area contributed by atoms with E-state index in [0.29, 0.717) is 0 Å². The molecule has 0 spiro atoms. The second-order valence-corrected chi connectivity index (χ2v) is 8.93. The number of hydrogen-bond acceptors (Lipinski definition) is 2. The molecule has 27 heavy (non-hydrogen) atoms. The number of para-hydroxylation sites is 1. The Hall–Kier alpha value is -2.62. The zero-order valence-electron chi connectivity index (χ0n) is 14.8. The van der Waals surface area contributed by atoms with E-state index in [1.54, 1.807) is 11.8 Å². The summed E-state index contributed by atoms with van der Waals surface area (Å²) >= 11 is 1.77. The first-order valence-corrected chi connectivity index (χ1v) is 10.7. The fraction of sp³-hybridized carbons (Fsp3) is 0. The Morgan fingerprint density at radius 3 is 2.11 bits per heavy atom. The Kier molecular flexibility index (Phi) is 5.23. The molecule has 0 saturated heterocycles. The molecular weight excluding hydrogens is 368 g/mol. The van der Waals surface area contributed by atoms with Crippen molar-refractivity contribution in [3.05, 3.63) is 114 Å². The average Bonchev–Trinajstić information content (AvgIpc) is 2.73. The Morgan fingerprint density at radius 1 is 0.741 bits per heavy atom. The van der Waals surface area contributed by atoms with Crippen molar-refractivity contribution in [3.63, 3.8) is 0 Å². The van der Waals surface area contributed by atoms with E-state index in [2.05, 4.69) is 49.6 Å². The van der Waals surface area contributed by atoms with Gasteiger partial charge in [-0.15, -0.1) is 0 Å². The van der Waals surface area contributed by atoms with Crippen molar-refractivity contribution in [3.8, 4) is 11.5 Å². The molecule has 132 valence electrons. The molecule has 0 aromatic heterocycles. The Labute approximate surface area is 167 Å². The van der Waals surface area contributed by atoms with Crippen LogP contribution >= 0.6 is 11.8 Å². The molecule has 1 aliphatic rings. The predicted molar refractivity (Wildman–Crippen MR) is 117 cm³/mol. The molecule has 0 amide bonds. The molecular formula is C24H19OS2+. The van der Waals surface area contributed by atoms with Crippen LogP contribution in [-0.2, 0) is 10.9 Å². The minimum atomic E-state index is -0.192. The minimum absolute atomic E-state index is 0.192. The molecule has 4 rings (SSSR count). The summed E-state index contributed by atoms with van der Waals surface area (Å²) in [5, 5.41) is 0. The maximum atomic E-state index is 5.94. The van der Waals surface area contributed by atoms with Gasteiger partial charge in [0.1, 0.15) is 22.4 Å². The van der Waals surface area contributed by atoms with Gasteiger partial charge in [-0.2, -0.15) is 0 Å². The number of hydrogen-bond donors (Lipinski definition) is 0. The van der Waals surface area contributed by atoms with Crippen LogP contribution in [0.3, 0.4) is 0 Å². The standard InChI is InChI=1S/C24H19OS2/c1-3-21-23(4-2)27(24-13-9-8-12-22(24)26-21)20-16-14-19(15-17-20)25-18-10-6-5-7-11-18/h3-17H,1-2H2/q+1. The lowest BCUT2D eigenvalue weighted by Gasteiger charge is -2.19. The largest absolute Gasteiger partial charge is 0.457 e. The number of ether oxygens (including phenoxy) is 1. The zero-order valence-corrected chi connectivity index (χ0v) is 16.4. The van der Waals surface area contributed by atoms with Gasteiger partial charge in [-0.05, 0) is 54.6 Å². The van der Waals surface area contributed by atoms with Crippen LogP contribution in [0.4, 0.5) is 0 Å². The van der Waals surface area contributed by atoms with E-state index in [1.807, 2.05) is 54.6 Å². The van der Waals surface area contributed by atoms with Crippen LogP contribution in [-0.4, -0.2) is 0 Å². The normalized spacial score (nSPS) is 15.8. The van der Waals surface area contributed by atoms with Gasteiger partial charge in [-0.3, -0.25) is 0 Å². The Morgan fingerprint density at radius 2 is 1.41 bits per heavy atom. The SMILES string of the molecule is C=CC1=C(C=C)[S+](c2ccc(Oc3ccccc3)cc2)c2ccccc2S1. The van der Waals surface area contributed by atoms with Gasteiger partial charge in [0.15, 0.2) is 14.7 Å². The summed E-state index contributed by atoms with van der Waals surface area (Å²) in [7, 11) is -0.192. The molecule has 3 heteroatoms. The second-order valence-electron chi connectivity index (χ2n) is 5.88. The number of thioether (sulfide) groups is 1. The monoisotopic (exact) mass is 387 g/mol. The van der Waals surface area contributed by atoms with E-state index in [9.17, 15) is 0 Å². The molecule has 0 aliphatic carbocycles. The molecule has 3 aromatic rings. The molecule has 1 nitrogen and oxygen atoms in total. The van der Waals surface area contributed by atoms with Crippen molar-refractivity contribution in [1.82, 2.24) is 0 Å². The lowest BCUT2D eigenvalue weighted by Crippen LogP contribution is -2.11. The summed E-state index contributed by atoms with van der Waals surface area (Å²) in [6.07, 6.45) is 3.90. The van der Waals surface area contributed by atoms with Crippen LogP contribution in [0.5, 0.6) is 11.5 Å². The summed E-state index contributed by atoms with van der Waals surface area (Å²) in [5.41, 5.74) is 0. The van der Waals surface area contributed by atoms with Gasteiger partial charge in [0.25, 0.3) is 0 Å². The Balaban J connectivity index is 1.71. The van der Waals surface area contributed by atoms with E-state index >= 15 is 0 Å². The van der Waals surface area contributed by atoms with E-state index in [-0.39, 0.29) is 10.9 Å². The molecule has 0 saturated carbocycles. The van der Waals surface area contributed by atoms with E-state index in [4.69, 9.17) is 4.74 Å². The molecule has 1 unspecified atom stereocenters. The van der Waals surface area contributed by atoms with Gasteiger partial charge in [0, 0.05) is 0 Å². The summed E-state index contributed by atoms with van der Waals surface area (Å²) < 4.78 is 5.94. The van der Waals surface area contributed by atoms with Gasteiger partial charge >= 0.3 is 0 Å². The van der Waals surface area contributed by atoms with Crippen molar-refractivity contribution >= 4 is 22.7 Å². The quantitative estimate of drug-likeness (QED) is 0.428. The lowest BCUT2D eigenvalue weighted by atomic mass is 10.3.